The van der Waals surface area contributed by atoms with Gasteiger partial charge in [0.15, 0.2) is 0 Å². The van der Waals surface area contributed by atoms with Crippen molar-refractivity contribution in [2.45, 2.75) is 44.3 Å². The number of nitrogens with one attached hydrogen (secondary N) is 1. The lowest BCUT2D eigenvalue weighted by molar-refractivity contribution is -0.137. The number of ether oxygens (including phenoxy) is 1. The molecule has 0 radical (unpaired) electrons. The fraction of sp³-hybridized carbons (Fsp3) is 0.433. The van der Waals surface area contributed by atoms with Gasteiger partial charge in [-0.1, -0.05) is 6.07 Å². The second-order valence-corrected chi connectivity index (χ2v) is 10.6. The van der Waals surface area contributed by atoms with Gasteiger partial charge in [0.1, 0.15) is 5.82 Å². The van der Waals surface area contributed by atoms with Crippen LogP contribution in [0.5, 0.6) is 5.88 Å². The topological polar surface area (TPSA) is 70.6 Å². The summed E-state index contributed by atoms with van der Waals surface area (Å²) in [6, 6.07) is 9.79. The molecule has 1 aliphatic heterocycles. The first-order valence-electron chi connectivity index (χ1n) is 13.6. The second kappa shape index (κ2) is 12.4. The molecule has 1 aliphatic rings. The zero-order chi connectivity index (χ0) is 29.8. The summed E-state index contributed by atoms with van der Waals surface area (Å²) in [6.07, 6.45) is -0.651. The first kappa shape index (κ1) is 30.2. The quantitative estimate of drug-likeness (QED) is 0.350. The van der Waals surface area contributed by atoms with E-state index in [2.05, 4.69) is 15.3 Å². The van der Waals surface area contributed by atoms with Crippen molar-refractivity contribution in [3.63, 3.8) is 0 Å². The summed E-state index contributed by atoms with van der Waals surface area (Å²) < 4.78 is 59.6. The van der Waals surface area contributed by atoms with E-state index in [-0.39, 0.29) is 30.7 Å². The van der Waals surface area contributed by atoms with Gasteiger partial charge in [-0.2, -0.15) is 13.2 Å². The summed E-state index contributed by atoms with van der Waals surface area (Å²) >= 11 is 0. The van der Waals surface area contributed by atoms with Crippen LogP contribution in [0.2, 0.25) is 0 Å². The number of piperidine rings is 1. The minimum atomic E-state index is -4.63. The van der Waals surface area contributed by atoms with Gasteiger partial charge in [-0.05, 0) is 82.7 Å². The van der Waals surface area contributed by atoms with Gasteiger partial charge in [0.05, 0.1) is 34.5 Å². The average Bonchev–Trinajstić information content (AvgIpc) is 2.93. The molecule has 1 N–H and O–H groups in total. The highest BCUT2D eigenvalue weighted by atomic mass is 19.4. The van der Waals surface area contributed by atoms with E-state index in [1.54, 1.807) is 23.4 Å². The van der Waals surface area contributed by atoms with Crippen molar-refractivity contribution in [2.24, 2.45) is 0 Å². The van der Waals surface area contributed by atoms with Crippen LogP contribution in [-0.2, 0) is 16.4 Å². The van der Waals surface area contributed by atoms with E-state index in [0.29, 0.717) is 49.2 Å². The highest BCUT2D eigenvalue weighted by Crippen LogP contribution is 2.40. The Hall–Kier alpha value is -3.73. The van der Waals surface area contributed by atoms with Crippen molar-refractivity contribution in [1.29, 1.82) is 0 Å². The lowest BCUT2D eigenvalue weighted by atomic mass is 9.72. The molecule has 0 aliphatic carbocycles. The van der Waals surface area contributed by atoms with E-state index in [4.69, 9.17) is 4.74 Å². The van der Waals surface area contributed by atoms with E-state index in [1.165, 1.54) is 0 Å². The number of hydrogen-bond donors (Lipinski definition) is 1. The molecular weight excluding hydrogens is 538 g/mol. The predicted molar refractivity (Wildman–Crippen MR) is 149 cm³/mol. The van der Waals surface area contributed by atoms with Crippen molar-refractivity contribution < 1.29 is 27.1 Å². The molecule has 41 heavy (non-hydrogen) atoms. The van der Waals surface area contributed by atoms with Crippen LogP contribution < -0.4 is 15.0 Å². The molecule has 2 aromatic heterocycles. The molecular formula is C30H35F4N5O2. The number of nitrogens with zero attached hydrogens (tertiary/aromatic N) is 4. The van der Waals surface area contributed by atoms with Gasteiger partial charge in [0, 0.05) is 38.1 Å². The molecule has 220 valence electrons. The minimum absolute atomic E-state index is 0.0847. The Kier molecular flexibility index (Phi) is 9.16. The summed E-state index contributed by atoms with van der Waals surface area (Å²) in [5.74, 6) is -0.638. The molecule has 1 aromatic carbocycles. The smallest absolute Gasteiger partial charge is 0.416 e. The summed E-state index contributed by atoms with van der Waals surface area (Å²) in [5, 5.41) is 3.13. The van der Waals surface area contributed by atoms with Crippen LogP contribution in [0.4, 0.5) is 23.2 Å². The fourth-order valence-corrected chi connectivity index (χ4v) is 5.34. The Morgan fingerprint density at radius 2 is 1.88 bits per heavy atom. The number of anilines is 1. The highest BCUT2D eigenvalue weighted by molar-refractivity contribution is 5.89. The lowest BCUT2D eigenvalue weighted by Gasteiger charge is -2.42. The van der Waals surface area contributed by atoms with E-state index in [1.807, 2.05) is 51.0 Å². The van der Waals surface area contributed by atoms with Gasteiger partial charge in [-0.15, -0.1) is 0 Å². The maximum absolute atomic E-state index is 14.8. The normalized spacial score (nSPS) is 16.0. The van der Waals surface area contributed by atoms with Crippen molar-refractivity contribution in [1.82, 2.24) is 20.2 Å². The predicted octanol–water partition coefficient (Wildman–Crippen LogP) is 5.30. The molecule has 1 fully saturated rings. The summed E-state index contributed by atoms with van der Waals surface area (Å²) in [7, 11) is 3.85. The second-order valence-electron chi connectivity index (χ2n) is 10.6. The van der Waals surface area contributed by atoms with Gasteiger partial charge >= 0.3 is 6.18 Å². The number of benzene rings is 1. The molecule has 0 unspecified atom stereocenters. The number of pyridine rings is 2. The monoisotopic (exact) mass is 573 g/mol. The van der Waals surface area contributed by atoms with Crippen LogP contribution in [0.25, 0.3) is 11.3 Å². The molecule has 0 saturated carbocycles. The zero-order valence-corrected chi connectivity index (χ0v) is 23.6. The Morgan fingerprint density at radius 3 is 2.46 bits per heavy atom. The Balaban J connectivity index is 1.63. The maximum atomic E-state index is 14.8. The lowest BCUT2D eigenvalue weighted by Crippen LogP contribution is -2.54. The summed E-state index contributed by atoms with van der Waals surface area (Å²) in [4.78, 5) is 26.5. The van der Waals surface area contributed by atoms with Gasteiger partial charge in [0.2, 0.25) is 11.8 Å². The largest absolute Gasteiger partial charge is 0.477 e. The molecule has 11 heteroatoms. The third kappa shape index (κ3) is 6.78. The molecule has 1 atom stereocenters. The van der Waals surface area contributed by atoms with Gasteiger partial charge in [0.25, 0.3) is 0 Å². The average molecular weight is 574 g/mol. The number of aromatic nitrogens is 2. The third-order valence-corrected chi connectivity index (χ3v) is 7.33. The molecule has 0 spiro atoms. The number of halogens is 4. The molecule has 1 amide bonds. The van der Waals surface area contributed by atoms with Gasteiger partial charge in [-0.3, -0.25) is 9.78 Å². The minimum Gasteiger partial charge on any atom is -0.477 e. The third-order valence-electron chi connectivity index (χ3n) is 7.33. The SMILES string of the molecule is CCOc1ncccc1-c1ccc(C2(C(=O)N[C@@H](C)CN(C)C)CCN(c3ccc(C(F)(F)F)cc3F)CC2)cn1. The Morgan fingerprint density at radius 1 is 1.15 bits per heavy atom. The molecule has 1 saturated heterocycles. The number of rotatable bonds is 9. The standard InChI is InChI=1S/C30H35F4N5O2/c1-5-41-27-23(7-6-14-35-27)25-10-8-22(18-36-25)29(28(40)37-20(2)19-38(3)4)12-15-39(16-13-29)26-11-9-21(17-24(26)31)30(32,33)34/h6-11,14,17-18,20H,5,12-13,15-16,19H2,1-4H3,(H,37,40)/t20-/m0/s1. The molecule has 3 aromatic rings. The van der Waals surface area contributed by atoms with Crippen molar-refractivity contribution in [3.8, 4) is 17.1 Å². The van der Waals surface area contributed by atoms with Crippen molar-refractivity contribution >= 4 is 11.6 Å². The molecule has 3 heterocycles. The number of likely N-dealkylation sites (N-methyl/N-ethyl adjacent to an activating group) is 1. The van der Waals surface area contributed by atoms with Crippen LogP contribution in [0.1, 0.15) is 37.8 Å². The van der Waals surface area contributed by atoms with Crippen LogP contribution >= 0.6 is 0 Å². The highest BCUT2D eigenvalue weighted by Gasteiger charge is 2.44. The van der Waals surface area contributed by atoms with Crippen LogP contribution in [-0.4, -0.2) is 67.2 Å². The van der Waals surface area contributed by atoms with Crippen LogP contribution in [0.3, 0.4) is 0 Å². The van der Waals surface area contributed by atoms with Crippen molar-refractivity contribution in [3.05, 3.63) is 71.8 Å². The molecule has 4 rings (SSSR count). The Labute approximate surface area is 237 Å². The number of amides is 1. The van der Waals surface area contributed by atoms with Crippen LogP contribution in [0, 0.1) is 5.82 Å². The van der Waals surface area contributed by atoms with E-state index >= 15 is 0 Å². The van der Waals surface area contributed by atoms with Gasteiger partial charge < -0.3 is 19.9 Å². The number of carbonyl (C=O) groups excluding carboxylic acids is 1. The number of hydrogen-bond acceptors (Lipinski definition) is 6. The molecule has 0 bridgehead atoms. The number of carbonyl (C=O) groups is 1. The maximum Gasteiger partial charge on any atom is 0.416 e. The summed E-state index contributed by atoms with van der Waals surface area (Å²) in [5.41, 5.74) is 0.180. The molecule has 7 nitrogen and oxygen atoms in total. The zero-order valence-electron chi connectivity index (χ0n) is 23.6. The first-order valence-corrected chi connectivity index (χ1v) is 13.6. The fourth-order valence-electron chi connectivity index (χ4n) is 5.34. The van der Waals surface area contributed by atoms with Gasteiger partial charge in [-0.25, -0.2) is 9.37 Å². The first-order chi connectivity index (χ1) is 19.4. The Bertz CT molecular complexity index is 1340. The summed E-state index contributed by atoms with van der Waals surface area (Å²) in [6.45, 7) is 5.44. The van der Waals surface area contributed by atoms with E-state index < -0.39 is 23.0 Å². The van der Waals surface area contributed by atoms with E-state index in [0.717, 1.165) is 17.7 Å². The van der Waals surface area contributed by atoms with Crippen molar-refractivity contribution in [2.75, 3.05) is 45.2 Å². The van der Waals surface area contributed by atoms with E-state index in [9.17, 15) is 22.4 Å². The number of alkyl halides is 3. The van der Waals surface area contributed by atoms with Crippen LogP contribution in [0.15, 0.2) is 54.9 Å².